The highest BCUT2D eigenvalue weighted by Gasteiger charge is 2.60. The fourth-order valence-corrected chi connectivity index (χ4v) is 10.9. The maximum absolute atomic E-state index is 12.0. The predicted molar refractivity (Wildman–Crippen MR) is 167 cm³/mol. The standard InChI is InChI=1S/C37H64O3/c1-25(2)10-8-11-27(5)32-16-17-33-31-15-14-29-24-28(12-9-13-30(20-23-38)40-35(39)26(3)4)18-21-36(29,6)34(31)19-22-37(32,33)7/h25,27-34,38H,3,8-24H2,1-2,4-7H3/t27-,28+,29?,30?,31+,32-,33?,34?,36+,37-/m1/s1. The summed E-state index contributed by atoms with van der Waals surface area (Å²) >= 11 is 0. The highest BCUT2D eigenvalue weighted by Crippen LogP contribution is 2.68. The van der Waals surface area contributed by atoms with Gasteiger partial charge in [-0.15, -0.1) is 0 Å². The molecule has 1 N–H and O–H groups in total. The lowest BCUT2D eigenvalue weighted by molar-refractivity contribution is -0.145. The van der Waals surface area contributed by atoms with Gasteiger partial charge in [-0.3, -0.25) is 0 Å². The van der Waals surface area contributed by atoms with Crippen LogP contribution in [0.15, 0.2) is 12.2 Å². The molecule has 40 heavy (non-hydrogen) atoms. The third-order valence-electron chi connectivity index (χ3n) is 13.2. The minimum atomic E-state index is -0.318. The minimum Gasteiger partial charge on any atom is -0.459 e. The summed E-state index contributed by atoms with van der Waals surface area (Å²) in [6, 6.07) is 0. The number of hydrogen-bond acceptors (Lipinski definition) is 3. The van der Waals surface area contributed by atoms with Crippen molar-refractivity contribution in [3.05, 3.63) is 12.2 Å². The monoisotopic (exact) mass is 556 g/mol. The van der Waals surface area contributed by atoms with Crippen molar-refractivity contribution >= 4 is 5.97 Å². The van der Waals surface area contributed by atoms with Crippen molar-refractivity contribution in [3.63, 3.8) is 0 Å². The van der Waals surface area contributed by atoms with Crippen molar-refractivity contribution in [2.45, 2.75) is 150 Å². The smallest absolute Gasteiger partial charge is 0.333 e. The lowest BCUT2D eigenvalue weighted by Gasteiger charge is -2.61. The Kier molecular flexibility index (Phi) is 10.9. The van der Waals surface area contributed by atoms with Crippen molar-refractivity contribution in [1.29, 1.82) is 0 Å². The third kappa shape index (κ3) is 6.86. The van der Waals surface area contributed by atoms with Crippen LogP contribution < -0.4 is 0 Å². The zero-order chi connectivity index (χ0) is 29.1. The molecule has 0 aromatic heterocycles. The van der Waals surface area contributed by atoms with Crippen LogP contribution in [-0.2, 0) is 9.53 Å². The number of ether oxygens (including phenoxy) is 1. The molecule has 0 aromatic rings. The molecule has 4 rings (SSSR count). The Morgan fingerprint density at radius 1 is 0.900 bits per heavy atom. The number of carbonyl (C=O) groups is 1. The molecule has 4 fully saturated rings. The molecule has 4 unspecified atom stereocenters. The van der Waals surface area contributed by atoms with E-state index in [-0.39, 0.29) is 18.7 Å². The van der Waals surface area contributed by atoms with Gasteiger partial charge in [0.05, 0.1) is 0 Å². The van der Waals surface area contributed by atoms with Gasteiger partial charge in [0.15, 0.2) is 0 Å². The van der Waals surface area contributed by atoms with Gasteiger partial charge in [0.25, 0.3) is 0 Å². The van der Waals surface area contributed by atoms with Gasteiger partial charge in [-0.2, -0.15) is 0 Å². The van der Waals surface area contributed by atoms with Gasteiger partial charge in [-0.25, -0.2) is 4.79 Å². The average molecular weight is 557 g/mol. The van der Waals surface area contributed by atoms with Crippen molar-refractivity contribution < 1.29 is 14.6 Å². The topological polar surface area (TPSA) is 46.5 Å². The van der Waals surface area contributed by atoms with Crippen molar-refractivity contribution in [2.75, 3.05) is 6.61 Å². The van der Waals surface area contributed by atoms with Crippen LogP contribution in [0.4, 0.5) is 0 Å². The molecular formula is C37H64O3. The van der Waals surface area contributed by atoms with E-state index in [1.807, 2.05) is 0 Å². The second-order valence-electron chi connectivity index (χ2n) is 16.1. The van der Waals surface area contributed by atoms with Gasteiger partial charge in [0, 0.05) is 18.6 Å². The number of aliphatic hydroxyl groups is 1. The van der Waals surface area contributed by atoms with E-state index in [2.05, 4.69) is 41.2 Å². The van der Waals surface area contributed by atoms with Crippen LogP contribution >= 0.6 is 0 Å². The molecule has 0 aliphatic heterocycles. The fraction of sp³-hybridized carbons (Fsp3) is 0.919. The molecule has 0 amide bonds. The molecule has 4 aliphatic carbocycles. The molecule has 230 valence electrons. The van der Waals surface area contributed by atoms with Gasteiger partial charge >= 0.3 is 5.97 Å². The number of fused-ring (bicyclic) bond motifs is 5. The van der Waals surface area contributed by atoms with Crippen LogP contribution in [0, 0.1) is 58.2 Å². The number of aliphatic hydroxyl groups excluding tert-OH is 1. The summed E-state index contributed by atoms with van der Waals surface area (Å²) in [7, 11) is 0. The second-order valence-corrected chi connectivity index (χ2v) is 16.1. The van der Waals surface area contributed by atoms with Crippen molar-refractivity contribution in [2.24, 2.45) is 58.2 Å². The Morgan fingerprint density at radius 2 is 1.62 bits per heavy atom. The van der Waals surface area contributed by atoms with Crippen LogP contribution in [0.5, 0.6) is 0 Å². The Bertz CT molecular complexity index is 848. The quantitative estimate of drug-likeness (QED) is 0.181. The van der Waals surface area contributed by atoms with E-state index in [1.165, 1.54) is 83.5 Å². The number of rotatable bonds is 13. The number of carbonyl (C=O) groups excluding carboxylic acids is 1. The maximum Gasteiger partial charge on any atom is 0.333 e. The lowest BCUT2D eigenvalue weighted by Crippen LogP contribution is -2.53. The number of esters is 1. The van der Waals surface area contributed by atoms with Gasteiger partial charge in [0.2, 0.25) is 0 Å². The molecule has 3 heteroatoms. The molecule has 0 spiro atoms. The summed E-state index contributed by atoms with van der Waals surface area (Å²) in [5.41, 5.74) is 1.59. The van der Waals surface area contributed by atoms with E-state index in [0.29, 0.717) is 22.8 Å². The Balaban J connectivity index is 1.30. The lowest BCUT2D eigenvalue weighted by atomic mass is 9.44. The molecule has 10 atom stereocenters. The molecule has 0 saturated heterocycles. The first kappa shape index (κ1) is 32.1. The van der Waals surface area contributed by atoms with Crippen molar-refractivity contribution in [1.82, 2.24) is 0 Å². The average Bonchev–Trinajstić information content (AvgIpc) is 3.25. The SMILES string of the molecule is C=C(C)C(=O)OC(CCO)CCC[C@H]1CC[C@@]2(C)C(CC[C@@H]3C2CC[C@@]2(C)C3CC[C@@H]2[C@H](C)CCCC(C)C)C1. The van der Waals surface area contributed by atoms with Crippen LogP contribution in [-0.4, -0.2) is 23.8 Å². The van der Waals surface area contributed by atoms with E-state index >= 15 is 0 Å². The summed E-state index contributed by atoms with van der Waals surface area (Å²) in [6.07, 6.45) is 20.9. The van der Waals surface area contributed by atoms with E-state index < -0.39 is 0 Å². The van der Waals surface area contributed by atoms with E-state index in [1.54, 1.807) is 6.92 Å². The summed E-state index contributed by atoms with van der Waals surface area (Å²) in [5, 5.41) is 9.44. The van der Waals surface area contributed by atoms with Crippen LogP contribution in [0.2, 0.25) is 0 Å². The summed E-state index contributed by atoms with van der Waals surface area (Å²) < 4.78 is 5.60. The first-order chi connectivity index (χ1) is 19.0. The predicted octanol–water partition coefficient (Wildman–Crippen LogP) is 9.76. The molecule has 0 heterocycles. The molecule has 4 saturated carbocycles. The van der Waals surface area contributed by atoms with Gasteiger partial charge in [0.1, 0.15) is 6.10 Å². The Labute approximate surface area is 247 Å². The molecule has 0 aromatic carbocycles. The second kappa shape index (κ2) is 13.6. The van der Waals surface area contributed by atoms with E-state index in [9.17, 15) is 9.90 Å². The Morgan fingerprint density at radius 3 is 2.33 bits per heavy atom. The zero-order valence-electron chi connectivity index (χ0n) is 27.2. The minimum absolute atomic E-state index is 0.0678. The number of hydrogen-bond donors (Lipinski definition) is 1. The van der Waals surface area contributed by atoms with E-state index in [0.717, 1.165) is 60.2 Å². The highest BCUT2D eigenvalue weighted by atomic mass is 16.5. The summed E-state index contributed by atoms with van der Waals surface area (Å²) in [6.45, 7) is 18.3. The summed E-state index contributed by atoms with van der Waals surface area (Å²) in [5.74, 6) is 7.00. The Hall–Kier alpha value is -0.830. The van der Waals surface area contributed by atoms with Crippen LogP contribution in [0.1, 0.15) is 144 Å². The molecule has 0 bridgehead atoms. The largest absolute Gasteiger partial charge is 0.459 e. The maximum atomic E-state index is 12.0. The highest BCUT2D eigenvalue weighted by molar-refractivity contribution is 5.87. The van der Waals surface area contributed by atoms with Gasteiger partial charge < -0.3 is 9.84 Å². The molecular weight excluding hydrogens is 492 g/mol. The molecule has 4 aliphatic rings. The molecule has 0 radical (unpaired) electrons. The zero-order valence-corrected chi connectivity index (χ0v) is 27.2. The van der Waals surface area contributed by atoms with E-state index in [4.69, 9.17) is 4.74 Å². The fourth-order valence-electron chi connectivity index (χ4n) is 10.9. The normalized spacial score (nSPS) is 38.7. The van der Waals surface area contributed by atoms with Gasteiger partial charge in [-0.05, 0) is 136 Å². The van der Waals surface area contributed by atoms with Crippen LogP contribution in [0.3, 0.4) is 0 Å². The van der Waals surface area contributed by atoms with Crippen molar-refractivity contribution in [3.8, 4) is 0 Å². The van der Waals surface area contributed by atoms with Crippen LogP contribution in [0.25, 0.3) is 0 Å². The summed E-state index contributed by atoms with van der Waals surface area (Å²) in [4.78, 5) is 12.0. The molecule has 3 nitrogen and oxygen atoms in total. The van der Waals surface area contributed by atoms with Gasteiger partial charge in [-0.1, -0.05) is 66.9 Å². The third-order valence-corrected chi connectivity index (χ3v) is 13.2. The first-order valence-electron chi connectivity index (χ1n) is 17.5. The first-order valence-corrected chi connectivity index (χ1v) is 17.5.